The molecule has 1 rings (SSSR count). The van der Waals surface area contributed by atoms with Gasteiger partial charge < -0.3 is 20.8 Å². The third-order valence-electron chi connectivity index (χ3n) is 2.52. The van der Waals surface area contributed by atoms with Crippen LogP contribution in [0.3, 0.4) is 0 Å². The second-order valence-corrected chi connectivity index (χ2v) is 4.35. The largest absolute Gasteiger partial charge is 0.504 e. The average Bonchev–Trinajstić information content (AvgIpc) is 2.33. The molecule has 0 aliphatic rings. The van der Waals surface area contributed by atoms with Gasteiger partial charge in [-0.2, -0.15) is 0 Å². The third kappa shape index (κ3) is 4.25. The molecule has 0 fully saturated rings. The summed E-state index contributed by atoms with van der Waals surface area (Å²) in [6.07, 6.45) is 2.45. The Morgan fingerprint density at radius 1 is 1.33 bits per heavy atom. The first-order valence-corrected chi connectivity index (χ1v) is 6.09. The highest BCUT2D eigenvalue weighted by Crippen LogP contribution is 2.27. The number of benzene rings is 1. The molecular weight excluding hydrogens is 248 g/mol. The SMILES string of the molecule is C=CCNC(=S)NCCc1cc(O)c(O)cc1C. The fraction of sp³-hybridized carbons (Fsp3) is 0.308. The Morgan fingerprint density at radius 2 is 2.00 bits per heavy atom. The monoisotopic (exact) mass is 266 g/mol. The van der Waals surface area contributed by atoms with Gasteiger partial charge in [0.1, 0.15) is 0 Å². The maximum absolute atomic E-state index is 9.43. The molecule has 1 aromatic carbocycles. The quantitative estimate of drug-likeness (QED) is 0.370. The van der Waals surface area contributed by atoms with Gasteiger partial charge in [0.15, 0.2) is 16.6 Å². The lowest BCUT2D eigenvalue weighted by atomic mass is 10.0. The molecule has 4 N–H and O–H groups in total. The lowest BCUT2D eigenvalue weighted by Gasteiger charge is -2.11. The van der Waals surface area contributed by atoms with E-state index in [1.54, 1.807) is 18.2 Å². The van der Waals surface area contributed by atoms with Gasteiger partial charge in [0.25, 0.3) is 0 Å². The van der Waals surface area contributed by atoms with Gasteiger partial charge >= 0.3 is 0 Å². The predicted molar refractivity (Wildman–Crippen MR) is 77.0 cm³/mol. The van der Waals surface area contributed by atoms with Crippen molar-refractivity contribution < 1.29 is 10.2 Å². The van der Waals surface area contributed by atoms with Gasteiger partial charge in [-0.05, 0) is 48.8 Å². The Bertz CT molecular complexity index is 447. The molecule has 0 saturated carbocycles. The van der Waals surface area contributed by atoms with Crippen molar-refractivity contribution in [2.24, 2.45) is 0 Å². The van der Waals surface area contributed by atoms with E-state index < -0.39 is 0 Å². The summed E-state index contributed by atoms with van der Waals surface area (Å²) >= 11 is 5.05. The molecule has 1 aromatic rings. The number of aromatic hydroxyl groups is 2. The summed E-state index contributed by atoms with van der Waals surface area (Å²) in [6.45, 7) is 6.77. The number of nitrogens with one attached hydrogen (secondary N) is 2. The van der Waals surface area contributed by atoms with Crippen LogP contribution in [0.4, 0.5) is 0 Å². The van der Waals surface area contributed by atoms with Crippen molar-refractivity contribution in [3.05, 3.63) is 35.9 Å². The van der Waals surface area contributed by atoms with E-state index in [4.69, 9.17) is 12.2 Å². The predicted octanol–water partition coefficient (Wildman–Crippen LogP) is 1.60. The number of hydrogen-bond donors (Lipinski definition) is 4. The Kier molecular flexibility index (Phi) is 5.45. The van der Waals surface area contributed by atoms with Crippen molar-refractivity contribution in [2.75, 3.05) is 13.1 Å². The lowest BCUT2D eigenvalue weighted by molar-refractivity contribution is 0.402. The van der Waals surface area contributed by atoms with E-state index in [1.807, 2.05) is 6.92 Å². The van der Waals surface area contributed by atoms with E-state index >= 15 is 0 Å². The fourth-order valence-electron chi connectivity index (χ4n) is 1.53. The minimum absolute atomic E-state index is 0.0904. The van der Waals surface area contributed by atoms with Crippen molar-refractivity contribution in [1.29, 1.82) is 0 Å². The minimum atomic E-state index is -0.0945. The summed E-state index contributed by atoms with van der Waals surface area (Å²) in [7, 11) is 0. The molecular formula is C13H18N2O2S. The Labute approximate surface area is 112 Å². The van der Waals surface area contributed by atoms with Crippen molar-refractivity contribution in [1.82, 2.24) is 10.6 Å². The van der Waals surface area contributed by atoms with Crippen LogP contribution >= 0.6 is 12.2 Å². The van der Waals surface area contributed by atoms with E-state index in [0.29, 0.717) is 18.2 Å². The highest BCUT2D eigenvalue weighted by atomic mass is 32.1. The first-order valence-electron chi connectivity index (χ1n) is 5.68. The number of rotatable bonds is 5. The number of phenols is 2. The van der Waals surface area contributed by atoms with Crippen LogP contribution in [-0.2, 0) is 6.42 Å². The smallest absolute Gasteiger partial charge is 0.166 e. The van der Waals surface area contributed by atoms with Gasteiger partial charge in [-0.3, -0.25) is 0 Å². The zero-order chi connectivity index (χ0) is 13.5. The minimum Gasteiger partial charge on any atom is -0.504 e. The highest BCUT2D eigenvalue weighted by molar-refractivity contribution is 7.80. The Morgan fingerprint density at radius 3 is 2.67 bits per heavy atom. The van der Waals surface area contributed by atoms with Gasteiger partial charge in [0.05, 0.1) is 0 Å². The van der Waals surface area contributed by atoms with Crippen LogP contribution in [0.25, 0.3) is 0 Å². The zero-order valence-corrected chi connectivity index (χ0v) is 11.2. The molecule has 4 nitrogen and oxygen atoms in total. The molecule has 98 valence electrons. The van der Waals surface area contributed by atoms with E-state index in [0.717, 1.165) is 17.5 Å². The zero-order valence-electron chi connectivity index (χ0n) is 10.4. The molecule has 5 heteroatoms. The molecule has 0 aliphatic carbocycles. The van der Waals surface area contributed by atoms with Crippen LogP contribution < -0.4 is 10.6 Å². The summed E-state index contributed by atoms with van der Waals surface area (Å²) in [5, 5.41) is 25.4. The highest BCUT2D eigenvalue weighted by Gasteiger charge is 2.05. The standard InChI is InChI=1S/C13H18N2O2S/c1-3-5-14-13(18)15-6-4-10-8-12(17)11(16)7-9(10)2/h3,7-8,16-17H,1,4-6H2,2H3,(H2,14,15,18). The van der Waals surface area contributed by atoms with Gasteiger partial charge in [-0.1, -0.05) is 6.08 Å². The van der Waals surface area contributed by atoms with Crippen molar-refractivity contribution in [3.8, 4) is 11.5 Å². The van der Waals surface area contributed by atoms with Gasteiger partial charge in [-0.15, -0.1) is 6.58 Å². The molecule has 0 aliphatic heterocycles. The molecule has 0 heterocycles. The second kappa shape index (κ2) is 6.86. The van der Waals surface area contributed by atoms with Crippen molar-refractivity contribution >= 4 is 17.3 Å². The molecule has 0 aromatic heterocycles. The first-order chi connectivity index (χ1) is 8.54. The van der Waals surface area contributed by atoms with Crippen LogP contribution in [0.5, 0.6) is 11.5 Å². The molecule has 0 radical (unpaired) electrons. The first kappa shape index (κ1) is 14.3. The molecule has 18 heavy (non-hydrogen) atoms. The van der Waals surface area contributed by atoms with Crippen LogP contribution in [0.1, 0.15) is 11.1 Å². The second-order valence-electron chi connectivity index (χ2n) is 3.94. The van der Waals surface area contributed by atoms with Gasteiger partial charge in [0, 0.05) is 13.1 Å². The molecule has 0 saturated heterocycles. The Hall–Kier alpha value is -1.75. The summed E-state index contributed by atoms with van der Waals surface area (Å²) in [5.41, 5.74) is 1.92. The Balaban J connectivity index is 2.46. The van der Waals surface area contributed by atoms with Crippen LogP contribution in [0.15, 0.2) is 24.8 Å². The van der Waals surface area contributed by atoms with E-state index in [-0.39, 0.29) is 11.5 Å². The molecule has 0 atom stereocenters. The number of hydrogen-bond acceptors (Lipinski definition) is 3. The van der Waals surface area contributed by atoms with Crippen molar-refractivity contribution in [2.45, 2.75) is 13.3 Å². The summed E-state index contributed by atoms with van der Waals surface area (Å²) in [6, 6.07) is 3.13. The number of thiocarbonyl (C=S) groups is 1. The third-order valence-corrected chi connectivity index (χ3v) is 2.81. The number of aryl methyl sites for hydroxylation is 1. The molecule has 0 amide bonds. The van der Waals surface area contributed by atoms with Crippen molar-refractivity contribution in [3.63, 3.8) is 0 Å². The van der Waals surface area contributed by atoms with Crippen LogP contribution in [-0.4, -0.2) is 28.4 Å². The van der Waals surface area contributed by atoms with Gasteiger partial charge in [0.2, 0.25) is 0 Å². The van der Waals surface area contributed by atoms with E-state index in [9.17, 15) is 10.2 Å². The topological polar surface area (TPSA) is 64.5 Å². The maximum atomic E-state index is 9.43. The molecule has 0 bridgehead atoms. The van der Waals surface area contributed by atoms with Gasteiger partial charge in [-0.25, -0.2) is 0 Å². The molecule has 0 spiro atoms. The normalized spacial score (nSPS) is 9.83. The summed E-state index contributed by atoms with van der Waals surface area (Å²) < 4.78 is 0. The summed E-state index contributed by atoms with van der Waals surface area (Å²) in [4.78, 5) is 0. The fourth-order valence-corrected chi connectivity index (χ4v) is 1.72. The summed E-state index contributed by atoms with van der Waals surface area (Å²) in [5.74, 6) is -0.185. The van der Waals surface area contributed by atoms with Crippen LogP contribution in [0.2, 0.25) is 0 Å². The lowest BCUT2D eigenvalue weighted by Crippen LogP contribution is -2.36. The van der Waals surface area contributed by atoms with E-state index in [1.165, 1.54) is 0 Å². The van der Waals surface area contributed by atoms with E-state index in [2.05, 4.69) is 17.2 Å². The number of phenolic OH excluding ortho intramolecular Hbond substituents is 2. The maximum Gasteiger partial charge on any atom is 0.166 e. The average molecular weight is 266 g/mol. The van der Waals surface area contributed by atoms with Crippen LogP contribution in [0, 0.1) is 6.92 Å². The molecule has 0 unspecified atom stereocenters.